The van der Waals surface area contributed by atoms with Crippen molar-refractivity contribution in [1.29, 1.82) is 0 Å². The highest BCUT2D eigenvalue weighted by molar-refractivity contribution is 6.38. The molecule has 1 aliphatic rings. The highest BCUT2D eigenvalue weighted by Crippen LogP contribution is 2.32. The van der Waals surface area contributed by atoms with Crippen molar-refractivity contribution in [1.82, 2.24) is 10.3 Å². The monoisotopic (exact) mass is 254 g/mol. The van der Waals surface area contributed by atoms with Crippen molar-refractivity contribution < 1.29 is 0 Å². The molecule has 0 unspecified atom stereocenters. The zero-order chi connectivity index (χ0) is 11.1. The number of benzene rings is 1. The van der Waals surface area contributed by atoms with E-state index in [1.54, 1.807) is 6.07 Å². The number of aromatic amines is 1. The fourth-order valence-corrected chi connectivity index (χ4v) is 2.91. The topological polar surface area (TPSA) is 27.8 Å². The van der Waals surface area contributed by atoms with E-state index in [2.05, 4.69) is 10.3 Å². The molecule has 2 heterocycles. The lowest BCUT2D eigenvalue weighted by atomic mass is 10.1. The van der Waals surface area contributed by atoms with Gasteiger partial charge in [0.25, 0.3) is 0 Å². The van der Waals surface area contributed by atoms with E-state index in [-0.39, 0.29) is 0 Å². The Hall–Kier alpha value is -0.700. The largest absolute Gasteiger partial charge is 0.356 e. The summed E-state index contributed by atoms with van der Waals surface area (Å²) >= 11 is 12.2. The second-order valence-electron chi connectivity index (χ2n) is 4.17. The molecule has 1 aromatic carbocycles. The van der Waals surface area contributed by atoms with Gasteiger partial charge in [-0.3, -0.25) is 0 Å². The summed E-state index contributed by atoms with van der Waals surface area (Å²) in [6, 6.07) is 3.79. The number of aryl methyl sites for hydroxylation is 1. The Morgan fingerprint density at radius 2 is 2.06 bits per heavy atom. The molecular weight excluding hydrogens is 243 g/mol. The normalized spacial score (nSPS) is 16.1. The van der Waals surface area contributed by atoms with E-state index in [0.29, 0.717) is 10.0 Å². The predicted molar refractivity (Wildman–Crippen MR) is 68.3 cm³/mol. The Morgan fingerprint density at radius 1 is 1.19 bits per heavy atom. The molecule has 4 heteroatoms. The van der Waals surface area contributed by atoms with Crippen LogP contribution in [0.3, 0.4) is 0 Å². The molecular formula is C12H12Cl2N2. The van der Waals surface area contributed by atoms with Crippen LogP contribution in [0.15, 0.2) is 12.1 Å². The molecule has 0 amide bonds. The molecule has 0 fully saturated rings. The van der Waals surface area contributed by atoms with Crippen LogP contribution in [0.4, 0.5) is 0 Å². The van der Waals surface area contributed by atoms with Gasteiger partial charge in [0.15, 0.2) is 0 Å². The predicted octanol–water partition coefficient (Wildman–Crippen LogP) is 3.51. The molecule has 1 aromatic heterocycles. The minimum absolute atomic E-state index is 0.704. The number of hydrogen-bond acceptors (Lipinski definition) is 1. The maximum atomic E-state index is 6.19. The minimum Gasteiger partial charge on any atom is -0.356 e. The standard InChI is InChI=1S/C12H12Cl2N2/c13-7-4-9-8-2-1-3-15-6-11(8)16-12(9)10(14)5-7/h4-5,15-16H,1-3,6H2. The first kappa shape index (κ1) is 10.5. The fraction of sp³-hybridized carbons (Fsp3) is 0.333. The zero-order valence-electron chi connectivity index (χ0n) is 8.74. The van der Waals surface area contributed by atoms with Crippen LogP contribution in [0.2, 0.25) is 10.0 Å². The number of H-pyrrole nitrogens is 1. The third kappa shape index (κ3) is 1.61. The van der Waals surface area contributed by atoms with E-state index in [1.165, 1.54) is 16.6 Å². The van der Waals surface area contributed by atoms with Crippen LogP contribution in [-0.2, 0) is 13.0 Å². The second kappa shape index (κ2) is 3.95. The number of halogens is 2. The summed E-state index contributed by atoms with van der Waals surface area (Å²) in [5.41, 5.74) is 3.63. The Balaban J connectivity index is 2.29. The first-order chi connectivity index (χ1) is 7.75. The Bertz CT molecular complexity index is 545. The van der Waals surface area contributed by atoms with Gasteiger partial charge in [-0.2, -0.15) is 0 Å². The fourth-order valence-electron chi connectivity index (χ4n) is 2.37. The Kier molecular flexibility index (Phi) is 2.58. The quantitative estimate of drug-likeness (QED) is 0.740. The van der Waals surface area contributed by atoms with Gasteiger partial charge >= 0.3 is 0 Å². The summed E-state index contributed by atoms with van der Waals surface area (Å²) in [6.07, 6.45) is 2.24. The molecule has 3 rings (SSSR count). The van der Waals surface area contributed by atoms with Gasteiger partial charge in [0.05, 0.1) is 10.5 Å². The second-order valence-corrected chi connectivity index (χ2v) is 5.02. The molecule has 0 radical (unpaired) electrons. The molecule has 0 aliphatic carbocycles. The third-order valence-corrected chi connectivity index (χ3v) is 3.62. The van der Waals surface area contributed by atoms with E-state index < -0.39 is 0 Å². The van der Waals surface area contributed by atoms with Gasteiger partial charge in [-0.05, 0) is 37.1 Å². The van der Waals surface area contributed by atoms with Gasteiger partial charge in [0.1, 0.15) is 0 Å². The van der Waals surface area contributed by atoms with Crippen LogP contribution < -0.4 is 5.32 Å². The van der Waals surface area contributed by atoms with Crippen LogP contribution in [0.1, 0.15) is 17.7 Å². The molecule has 2 aromatic rings. The van der Waals surface area contributed by atoms with Crippen molar-refractivity contribution in [3.63, 3.8) is 0 Å². The van der Waals surface area contributed by atoms with E-state index in [0.717, 1.165) is 31.4 Å². The molecule has 0 saturated heterocycles. The van der Waals surface area contributed by atoms with E-state index >= 15 is 0 Å². The summed E-state index contributed by atoms with van der Waals surface area (Å²) in [5, 5.41) is 5.98. The molecule has 84 valence electrons. The number of aromatic nitrogens is 1. The SMILES string of the molecule is Clc1cc(Cl)c2[nH]c3c(c2c1)CCCNC3. The molecule has 0 atom stereocenters. The Labute approximate surface area is 104 Å². The van der Waals surface area contributed by atoms with E-state index in [1.807, 2.05) is 6.07 Å². The highest BCUT2D eigenvalue weighted by atomic mass is 35.5. The molecule has 2 nitrogen and oxygen atoms in total. The van der Waals surface area contributed by atoms with Crippen LogP contribution in [-0.4, -0.2) is 11.5 Å². The maximum Gasteiger partial charge on any atom is 0.0662 e. The van der Waals surface area contributed by atoms with Crippen molar-refractivity contribution in [3.05, 3.63) is 33.4 Å². The number of hydrogen-bond donors (Lipinski definition) is 2. The van der Waals surface area contributed by atoms with Gasteiger partial charge < -0.3 is 10.3 Å². The summed E-state index contributed by atoms with van der Waals surface area (Å²) in [7, 11) is 0. The first-order valence-corrected chi connectivity index (χ1v) is 6.20. The van der Waals surface area contributed by atoms with E-state index in [4.69, 9.17) is 23.2 Å². The first-order valence-electron chi connectivity index (χ1n) is 5.45. The third-order valence-electron chi connectivity index (χ3n) is 3.10. The average Bonchev–Trinajstić information content (AvgIpc) is 2.46. The summed E-state index contributed by atoms with van der Waals surface area (Å²) < 4.78 is 0. The van der Waals surface area contributed by atoms with Crippen molar-refractivity contribution in [2.45, 2.75) is 19.4 Å². The van der Waals surface area contributed by atoms with Gasteiger partial charge in [0.2, 0.25) is 0 Å². The zero-order valence-corrected chi connectivity index (χ0v) is 10.3. The molecule has 1 aliphatic heterocycles. The van der Waals surface area contributed by atoms with Gasteiger partial charge in [-0.1, -0.05) is 23.2 Å². The number of nitrogens with one attached hydrogen (secondary N) is 2. The lowest BCUT2D eigenvalue weighted by Gasteiger charge is -1.99. The van der Waals surface area contributed by atoms with Crippen molar-refractivity contribution in [2.24, 2.45) is 0 Å². The smallest absolute Gasteiger partial charge is 0.0662 e. The minimum atomic E-state index is 0.704. The highest BCUT2D eigenvalue weighted by Gasteiger charge is 2.15. The van der Waals surface area contributed by atoms with E-state index in [9.17, 15) is 0 Å². The Morgan fingerprint density at radius 3 is 2.94 bits per heavy atom. The molecule has 16 heavy (non-hydrogen) atoms. The molecule has 0 spiro atoms. The van der Waals surface area contributed by atoms with Crippen LogP contribution in [0.5, 0.6) is 0 Å². The number of rotatable bonds is 0. The molecule has 0 saturated carbocycles. The molecule has 2 N–H and O–H groups in total. The van der Waals surface area contributed by atoms with Gasteiger partial charge in [-0.15, -0.1) is 0 Å². The summed E-state index contributed by atoms with van der Waals surface area (Å²) in [4.78, 5) is 3.40. The molecule has 0 bridgehead atoms. The van der Waals surface area contributed by atoms with Crippen molar-refractivity contribution >= 4 is 34.1 Å². The number of fused-ring (bicyclic) bond motifs is 3. The van der Waals surface area contributed by atoms with Crippen LogP contribution in [0, 0.1) is 0 Å². The van der Waals surface area contributed by atoms with Crippen LogP contribution >= 0.6 is 23.2 Å². The lowest BCUT2D eigenvalue weighted by Crippen LogP contribution is -2.12. The van der Waals surface area contributed by atoms with Crippen molar-refractivity contribution in [3.8, 4) is 0 Å². The lowest BCUT2D eigenvalue weighted by molar-refractivity contribution is 0.675. The maximum absolute atomic E-state index is 6.19. The van der Waals surface area contributed by atoms with Gasteiger partial charge in [0, 0.05) is 22.6 Å². The summed E-state index contributed by atoms with van der Waals surface area (Å²) in [6.45, 7) is 1.95. The summed E-state index contributed by atoms with van der Waals surface area (Å²) in [5.74, 6) is 0. The van der Waals surface area contributed by atoms with Gasteiger partial charge in [-0.25, -0.2) is 0 Å². The van der Waals surface area contributed by atoms with Crippen LogP contribution in [0.25, 0.3) is 10.9 Å². The van der Waals surface area contributed by atoms with Crippen molar-refractivity contribution in [2.75, 3.05) is 6.54 Å². The average molecular weight is 255 g/mol.